The zero-order valence-electron chi connectivity index (χ0n) is 13.7. The Kier molecular flexibility index (Phi) is 5.99. The standard InChI is InChI=1S/C18H26N2O2/c1-3-15-5-7-16(8-6-15)9-10-18(22)20-13-11-19(12-14-20)17(21)4-2/h5-8H,3-4,9-14H2,1-2H3. The molecule has 0 bridgehead atoms. The molecule has 2 rings (SSSR count). The molecular formula is C18H26N2O2. The molecule has 2 amide bonds. The van der Waals surface area contributed by atoms with Crippen LogP contribution in [0.15, 0.2) is 24.3 Å². The molecule has 1 aromatic carbocycles. The molecule has 0 N–H and O–H groups in total. The third-order valence-corrected chi connectivity index (χ3v) is 4.35. The Labute approximate surface area is 133 Å². The predicted octanol–water partition coefficient (Wildman–Crippen LogP) is 2.26. The second kappa shape index (κ2) is 7.97. The van der Waals surface area contributed by atoms with Gasteiger partial charge in [-0.05, 0) is 24.0 Å². The number of aryl methyl sites for hydroxylation is 2. The highest BCUT2D eigenvalue weighted by atomic mass is 16.2. The molecule has 0 aliphatic carbocycles. The van der Waals surface area contributed by atoms with Crippen molar-refractivity contribution in [2.75, 3.05) is 26.2 Å². The molecule has 0 radical (unpaired) electrons. The van der Waals surface area contributed by atoms with Crippen LogP contribution in [0.2, 0.25) is 0 Å². The average molecular weight is 302 g/mol. The van der Waals surface area contributed by atoms with Crippen molar-refractivity contribution in [2.45, 2.75) is 39.5 Å². The second-order valence-electron chi connectivity index (χ2n) is 5.79. The summed E-state index contributed by atoms with van der Waals surface area (Å²) in [4.78, 5) is 27.6. The Morgan fingerprint density at radius 1 is 0.864 bits per heavy atom. The first kappa shape index (κ1) is 16.5. The van der Waals surface area contributed by atoms with Crippen LogP contribution in [-0.4, -0.2) is 47.8 Å². The lowest BCUT2D eigenvalue weighted by Crippen LogP contribution is -2.50. The number of hydrogen-bond donors (Lipinski definition) is 0. The van der Waals surface area contributed by atoms with Gasteiger partial charge in [-0.1, -0.05) is 38.1 Å². The van der Waals surface area contributed by atoms with Crippen molar-refractivity contribution in [1.29, 1.82) is 0 Å². The lowest BCUT2D eigenvalue weighted by Gasteiger charge is -2.34. The van der Waals surface area contributed by atoms with Crippen LogP contribution in [0.3, 0.4) is 0 Å². The highest BCUT2D eigenvalue weighted by Gasteiger charge is 2.22. The van der Waals surface area contributed by atoms with Crippen molar-refractivity contribution in [3.05, 3.63) is 35.4 Å². The number of amides is 2. The van der Waals surface area contributed by atoms with E-state index in [4.69, 9.17) is 0 Å². The molecule has 1 aliphatic heterocycles. The highest BCUT2D eigenvalue weighted by Crippen LogP contribution is 2.10. The zero-order valence-corrected chi connectivity index (χ0v) is 13.7. The first-order valence-corrected chi connectivity index (χ1v) is 8.27. The fourth-order valence-corrected chi connectivity index (χ4v) is 2.78. The largest absolute Gasteiger partial charge is 0.339 e. The van der Waals surface area contributed by atoms with Gasteiger partial charge in [0.2, 0.25) is 11.8 Å². The minimum Gasteiger partial charge on any atom is -0.339 e. The van der Waals surface area contributed by atoms with Gasteiger partial charge < -0.3 is 9.80 Å². The summed E-state index contributed by atoms with van der Waals surface area (Å²) in [6, 6.07) is 8.50. The first-order valence-electron chi connectivity index (χ1n) is 8.27. The third-order valence-electron chi connectivity index (χ3n) is 4.35. The molecule has 0 atom stereocenters. The SMILES string of the molecule is CCC(=O)N1CCN(C(=O)CCc2ccc(CC)cc2)CC1. The van der Waals surface area contributed by atoms with Crippen LogP contribution in [0.5, 0.6) is 0 Å². The first-order chi connectivity index (χ1) is 10.6. The van der Waals surface area contributed by atoms with Gasteiger partial charge >= 0.3 is 0 Å². The molecule has 0 aromatic heterocycles. The molecule has 1 aromatic rings. The van der Waals surface area contributed by atoms with E-state index in [9.17, 15) is 9.59 Å². The minimum absolute atomic E-state index is 0.183. The Balaban J connectivity index is 1.77. The van der Waals surface area contributed by atoms with Gasteiger partial charge in [0.05, 0.1) is 0 Å². The summed E-state index contributed by atoms with van der Waals surface area (Å²) in [5, 5.41) is 0. The molecule has 4 heteroatoms. The molecule has 1 saturated heterocycles. The van der Waals surface area contributed by atoms with Gasteiger partial charge in [0.1, 0.15) is 0 Å². The second-order valence-corrected chi connectivity index (χ2v) is 5.79. The lowest BCUT2D eigenvalue weighted by molar-refractivity contribution is -0.139. The molecule has 1 fully saturated rings. The summed E-state index contributed by atoms with van der Waals surface area (Å²) in [6.07, 6.45) is 2.92. The van der Waals surface area contributed by atoms with Gasteiger partial charge in [0.15, 0.2) is 0 Å². The van der Waals surface area contributed by atoms with Crippen molar-refractivity contribution < 1.29 is 9.59 Å². The quantitative estimate of drug-likeness (QED) is 0.837. The number of rotatable bonds is 5. The monoisotopic (exact) mass is 302 g/mol. The van der Waals surface area contributed by atoms with Crippen LogP contribution in [0, 0.1) is 0 Å². The highest BCUT2D eigenvalue weighted by molar-refractivity contribution is 5.78. The summed E-state index contributed by atoms with van der Waals surface area (Å²) in [6.45, 7) is 6.69. The van der Waals surface area contributed by atoms with Gasteiger partial charge in [0, 0.05) is 39.0 Å². The third kappa shape index (κ3) is 4.33. The van der Waals surface area contributed by atoms with E-state index in [1.165, 1.54) is 11.1 Å². The maximum atomic E-state index is 12.3. The predicted molar refractivity (Wildman–Crippen MR) is 87.6 cm³/mol. The molecule has 0 saturated carbocycles. The van der Waals surface area contributed by atoms with Gasteiger partial charge in [-0.15, -0.1) is 0 Å². The summed E-state index contributed by atoms with van der Waals surface area (Å²) in [7, 11) is 0. The minimum atomic E-state index is 0.183. The molecule has 120 valence electrons. The van der Waals surface area contributed by atoms with Crippen molar-refractivity contribution >= 4 is 11.8 Å². The number of carbonyl (C=O) groups excluding carboxylic acids is 2. The average Bonchev–Trinajstić information content (AvgIpc) is 2.59. The Morgan fingerprint density at radius 2 is 1.36 bits per heavy atom. The van der Waals surface area contributed by atoms with Gasteiger partial charge in [0.25, 0.3) is 0 Å². The van der Waals surface area contributed by atoms with E-state index in [2.05, 4.69) is 31.2 Å². The van der Waals surface area contributed by atoms with E-state index in [-0.39, 0.29) is 11.8 Å². The molecule has 4 nitrogen and oxygen atoms in total. The zero-order chi connectivity index (χ0) is 15.9. The Hall–Kier alpha value is -1.84. The topological polar surface area (TPSA) is 40.6 Å². The van der Waals surface area contributed by atoms with Crippen molar-refractivity contribution in [3.8, 4) is 0 Å². The summed E-state index contributed by atoms with van der Waals surface area (Å²) in [5.41, 5.74) is 2.54. The van der Waals surface area contributed by atoms with Gasteiger partial charge in [-0.25, -0.2) is 0 Å². The Morgan fingerprint density at radius 3 is 1.86 bits per heavy atom. The van der Waals surface area contributed by atoms with E-state index in [1.807, 2.05) is 16.7 Å². The molecule has 0 unspecified atom stereocenters. The molecule has 1 aliphatic rings. The van der Waals surface area contributed by atoms with Crippen LogP contribution in [-0.2, 0) is 22.4 Å². The molecule has 0 spiro atoms. The summed E-state index contributed by atoms with van der Waals surface area (Å²) >= 11 is 0. The van der Waals surface area contributed by atoms with Crippen molar-refractivity contribution in [1.82, 2.24) is 9.80 Å². The van der Waals surface area contributed by atoms with E-state index in [0.29, 0.717) is 39.0 Å². The van der Waals surface area contributed by atoms with E-state index >= 15 is 0 Å². The normalized spacial score (nSPS) is 15.0. The van der Waals surface area contributed by atoms with E-state index in [1.54, 1.807) is 0 Å². The number of piperazine rings is 1. The fourth-order valence-electron chi connectivity index (χ4n) is 2.78. The van der Waals surface area contributed by atoms with Crippen LogP contribution >= 0.6 is 0 Å². The number of nitrogens with zero attached hydrogens (tertiary/aromatic N) is 2. The number of benzene rings is 1. The van der Waals surface area contributed by atoms with Crippen LogP contribution in [0.4, 0.5) is 0 Å². The molecular weight excluding hydrogens is 276 g/mol. The number of hydrogen-bond acceptors (Lipinski definition) is 2. The summed E-state index contributed by atoms with van der Waals surface area (Å²) in [5.74, 6) is 0.381. The van der Waals surface area contributed by atoms with E-state index < -0.39 is 0 Å². The smallest absolute Gasteiger partial charge is 0.223 e. The summed E-state index contributed by atoms with van der Waals surface area (Å²) < 4.78 is 0. The van der Waals surface area contributed by atoms with E-state index in [0.717, 1.165) is 12.8 Å². The van der Waals surface area contributed by atoms with Crippen LogP contribution < -0.4 is 0 Å². The molecule has 1 heterocycles. The molecule has 22 heavy (non-hydrogen) atoms. The number of carbonyl (C=O) groups is 2. The maximum absolute atomic E-state index is 12.3. The lowest BCUT2D eigenvalue weighted by atomic mass is 10.1. The van der Waals surface area contributed by atoms with Crippen molar-refractivity contribution in [3.63, 3.8) is 0 Å². The maximum Gasteiger partial charge on any atom is 0.223 e. The van der Waals surface area contributed by atoms with Crippen LogP contribution in [0.25, 0.3) is 0 Å². The van der Waals surface area contributed by atoms with Gasteiger partial charge in [-0.3, -0.25) is 9.59 Å². The van der Waals surface area contributed by atoms with Crippen molar-refractivity contribution in [2.24, 2.45) is 0 Å². The Bertz CT molecular complexity index is 502. The fraction of sp³-hybridized carbons (Fsp3) is 0.556. The van der Waals surface area contributed by atoms with Crippen LogP contribution in [0.1, 0.15) is 37.8 Å². The van der Waals surface area contributed by atoms with Gasteiger partial charge in [-0.2, -0.15) is 0 Å².